The summed E-state index contributed by atoms with van der Waals surface area (Å²) in [6, 6.07) is 7.07. The molecule has 0 N–H and O–H groups in total. The van der Waals surface area contributed by atoms with Crippen LogP contribution >= 0.6 is 23.2 Å². The average Bonchev–Trinajstić information content (AvgIpc) is 2.15. The first kappa shape index (κ1) is 8.53. The minimum Gasteiger partial charge on any atom is -0.593 e. The molecule has 3 nitrogen and oxygen atoms in total. The Bertz CT molecular complexity index is 473. The summed E-state index contributed by atoms with van der Waals surface area (Å²) in [7, 11) is 0. The van der Waals surface area contributed by atoms with Gasteiger partial charge in [-0.05, 0) is 22.5 Å². The molecule has 2 aromatic rings. The Morgan fingerprint density at radius 1 is 1.15 bits per heavy atom. The van der Waals surface area contributed by atoms with Gasteiger partial charge in [-0.2, -0.15) is 0 Å². The Hall–Kier alpha value is -1.06. The molecule has 0 amide bonds. The standard InChI is InChI=1S/C8H4Cl2N2O/c9-7-5-3-1-2-4-6(5)8(10)12(13)11-7/h1-4H. The Balaban J connectivity index is 2.97. The molecule has 0 radical (unpaired) electrons. The van der Waals surface area contributed by atoms with Crippen LogP contribution in [0, 0.1) is 5.21 Å². The van der Waals surface area contributed by atoms with Crippen molar-refractivity contribution < 1.29 is 4.85 Å². The summed E-state index contributed by atoms with van der Waals surface area (Å²) in [4.78, 5) is 0.312. The van der Waals surface area contributed by atoms with Crippen molar-refractivity contribution in [3.05, 3.63) is 39.8 Å². The van der Waals surface area contributed by atoms with E-state index in [1.807, 2.05) is 0 Å². The molecule has 0 aliphatic carbocycles. The molecule has 1 aromatic heterocycles. The largest absolute Gasteiger partial charge is 0.593 e. The van der Waals surface area contributed by atoms with Gasteiger partial charge in [0, 0.05) is 10.5 Å². The second-order valence-electron chi connectivity index (χ2n) is 2.50. The zero-order valence-electron chi connectivity index (χ0n) is 6.37. The van der Waals surface area contributed by atoms with Gasteiger partial charge >= 0.3 is 5.15 Å². The van der Waals surface area contributed by atoms with E-state index in [9.17, 15) is 5.21 Å². The molecule has 0 aliphatic heterocycles. The molecule has 13 heavy (non-hydrogen) atoms. The topological polar surface area (TPSA) is 39.8 Å². The van der Waals surface area contributed by atoms with Crippen molar-refractivity contribution in [1.29, 1.82) is 0 Å². The van der Waals surface area contributed by atoms with Crippen molar-refractivity contribution in [2.45, 2.75) is 0 Å². The third kappa shape index (κ3) is 1.30. The number of hydrogen-bond acceptors (Lipinski definition) is 2. The van der Waals surface area contributed by atoms with E-state index in [0.717, 1.165) is 0 Å². The fraction of sp³-hybridized carbons (Fsp3) is 0. The van der Waals surface area contributed by atoms with Crippen LogP contribution in [0.1, 0.15) is 0 Å². The maximum Gasteiger partial charge on any atom is 0.321 e. The zero-order valence-corrected chi connectivity index (χ0v) is 7.88. The summed E-state index contributed by atoms with van der Waals surface area (Å²) >= 11 is 11.5. The fourth-order valence-electron chi connectivity index (χ4n) is 1.12. The van der Waals surface area contributed by atoms with Gasteiger partial charge in [0.15, 0.2) is 0 Å². The minimum atomic E-state index is 0.0417. The number of fused-ring (bicyclic) bond motifs is 1. The average molecular weight is 215 g/mol. The van der Waals surface area contributed by atoms with Crippen LogP contribution in [-0.4, -0.2) is 5.10 Å². The summed E-state index contributed by atoms with van der Waals surface area (Å²) in [5, 5.41) is 16.0. The molecular formula is C8H4Cl2N2O. The van der Waals surface area contributed by atoms with Crippen LogP contribution in [-0.2, 0) is 0 Å². The maximum atomic E-state index is 11.0. The highest BCUT2D eigenvalue weighted by atomic mass is 35.5. The van der Waals surface area contributed by atoms with Crippen LogP contribution in [0.2, 0.25) is 10.3 Å². The summed E-state index contributed by atoms with van der Waals surface area (Å²) in [5.41, 5.74) is 0. The van der Waals surface area contributed by atoms with Gasteiger partial charge in [0.2, 0.25) is 5.15 Å². The van der Waals surface area contributed by atoms with Gasteiger partial charge in [-0.25, -0.2) is 0 Å². The van der Waals surface area contributed by atoms with E-state index in [2.05, 4.69) is 5.10 Å². The lowest BCUT2D eigenvalue weighted by Gasteiger charge is -2.00. The van der Waals surface area contributed by atoms with Gasteiger partial charge in [-0.15, -0.1) is 0 Å². The molecule has 66 valence electrons. The molecule has 0 aliphatic rings. The van der Waals surface area contributed by atoms with E-state index in [1.54, 1.807) is 24.3 Å². The molecule has 0 spiro atoms. The van der Waals surface area contributed by atoms with E-state index in [-0.39, 0.29) is 10.3 Å². The van der Waals surface area contributed by atoms with E-state index >= 15 is 0 Å². The van der Waals surface area contributed by atoms with Crippen molar-refractivity contribution >= 4 is 34.0 Å². The van der Waals surface area contributed by atoms with Crippen molar-refractivity contribution in [3.63, 3.8) is 0 Å². The van der Waals surface area contributed by atoms with Gasteiger partial charge < -0.3 is 5.21 Å². The Morgan fingerprint density at radius 3 is 2.46 bits per heavy atom. The second kappa shape index (κ2) is 3.01. The normalized spacial score (nSPS) is 10.6. The quantitative estimate of drug-likeness (QED) is 0.499. The first-order valence-corrected chi connectivity index (χ1v) is 4.29. The van der Waals surface area contributed by atoms with Crippen molar-refractivity contribution in [1.82, 2.24) is 5.10 Å². The van der Waals surface area contributed by atoms with Crippen molar-refractivity contribution in [2.75, 3.05) is 0 Å². The Kier molecular flexibility index (Phi) is 1.98. The highest BCUT2D eigenvalue weighted by molar-refractivity contribution is 6.37. The summed E-state index contributed by atoms with van der Waals surface area (Å²) in [5.74, 6) is 0. The minimum absolute atomic E-state index is 0.0417. The summed E-state index contributed by atoms with van der Waals surface area (Å²) in [6.45, 7) is 0. The van der Waals surface area contributed by atoms with E-state index in [1.165, 1.54) is 0 Å². The SMILES string of the molecule is [O-][n+]1nc(Cl)c2ccccc2c1Cl. The number of aromatic nitrogens is 2. The number of rotatable bonds is 0. The lowest BCUT2D eigenvalue weighted by atomic mass is 10.2. The molecule has 0 saturated heterocycles. The number of hydrogen-bond donors (Lipinski definition) is 0. The van der Waals surface area contributed by atoms with Gasteiger partial charge in [-0.3, -0.25) is 0 Å². The van der Waals surface area contributed by atoms with Crippen LogP contribution in [0.15, 0.2) is 24.3 Å². The van der Waals surface area contributed by atoms with Crippen LogP contribution in [0.5, 0.6) is 0 Å². The van der Waals surface area contributed by atoms with Gasteiger partial charge in [0.05, 0.1) is 5.39 Å². The van der Waals surface area contributed by atoms with Gasteiger partial charge in [0.1, 0.15) is 0 Å². The van der Waals surface area contributed by atoms with Crippen molar-refractivity contribution in [2.24, 2.45) is 0 Å². The predicted molar refractivity (Wildman–Crippen MR) is 50.7 cm³/mol. The lowest BCUT2D eigenvalue weighted by Crippen LogP contribution is -2.32. The fourth-order valence-corrected chi connectivity index (χ4v) is 1.56. The van der Waals surface area contributed by atoms with Gasteiger partial charge in [-0.1, -0.05) is 29.8 Å². The molecule has 2 rings (SSSR count). The summed E-state index contributed by atoms with van der Waals surface area (Å²) < 4.78 is 0. The summed E-state index contributed by atoms with van der Waals surface area (Å²) in [6.07, 6.45) is 0. The van der Waals surface area contributed by atoms with E-state index in [0.29, 0.717) is 15.6 Å². The first-order valence-electron chi connectivity index (χ1n) is 3.54. The molecular weight excluding hydrogens is 211 g/mol. The Labute approximate surface area is 84.1 Å². The van der Waals surface area contributed by atoms with Crippen LogP contribution < -0.4 is 4.85 Å². The molecule has 0 fully saturated rings. The molecule has 0 atom stereocenters. The van der Waals surface area contributed by atoms with E-state index in [4.69, 9.17) is 23.2 Å². The predicted octanol–water partition coefficient (Wildman–Crippen LogP) is 2.17. The monoisotopic (exact) mass is 214 g/mol. The first-order chi connectivity index (χ1) is 6.20. The number of nitrogens with zero attached hydrogens (tertiary/aromatic N) is 2. The number of benzene rings is 1. The highest BCUT2D eigenvalue weighted by Gasteiger charge is 2.13. The van der Waals surface area contributed by atoms with Crippen molar-refractivity contribution in [3.8, 4) is 0 Å². The van der Waals surface area contributed by atoms with Gasteiger partial charge in [0.25, 0.3) is 0 Å². The second-order valence-corrected chi connectivity index (χ2v) is 3.22. The molecule has 0 bridgehead atoms. The molecule has 1 heterocycles. The van der Waals surface area contributed by atoms with Crippen LogP contribution in [0.4, 0.5) is 0 Å². The van der Waals surface area contributed by atoms with E-state index < -0.39 is 0 Å². The van der Waals surface area contributed by atoms with Crippen LogP contribution in [0.3, 0.4) is 0 Å². The third-order valence-corrected chi connectivity index (χ3v) is 2.35. The van der Waals surface area contributed by atoms with Crippen LogP contribution in [0.25, 0.3) is 10.8 Å². The molecule has 5 heteroatoms. The smallest absolute Gasteiger partial charge is 0.321 e. The molecule has 1 aromatic carbocycles. The Morgan fingerprint density at radius 2 is 1.77 bits per heavy atom. The lowest BCUT2D eigenvalue weighted by molar-refractivity contribution is -0.665. The maximum absolute atomic E-state index is 11.0. The molecule has 0 unspecified atom stereocenters. The zero-order chi connectivity index (χ0) is 9.42. The highest BCUT2D eigenvalue weighted by Crippen LogP contribution is 2.23. The molecule has 0 saturated carbocycles. The third-order valence-electron chi connectivity index (χ3n) is 1.72. The number of halogens is 2.